The number of nitrogens with zero attached hydrogens (tertiary/aromatic N) is 2. The standard InChI is InChI=1S/C20H26N4O2/c1-15-12-24(13-16(2)26-15)14-17-7-3-4-9-19(17)23-20(25)22-11-18-8-5-6-10-21-18/h3-10,15-16H,11-14H2,1-2H3,(H2,22,23,25). The van der Waals surface area contributed by atoms with Gasteiger partial charge in [0.1, 0.15) is 0 Å². The lowest BCUT2D eigenvalue weighted by molar-refractivity contribution is -0.0704. The molecule has 0 aliphatic carbocycles. The Morgan fingerprint density at radius 2 is 1.88 bits per heavy atom. The minimum Gasteiger partial charge on any atom is -0.373 e. The summed E-state index contributed by atoms with van der Waals surface area (Å²) in [6, 6.07) is 13.3. The minimum atomic E-state index is -0.230. The number of urea groups is 1. The maximum absolute atomic E-state index is 12.3. The van der Waals surface area contributed by atoms with Crippen molar-refractivity contribution < 1.29 is 9.53 Å². The molecule has 1 aromatic heterocycles. The lowest BCUT2D eigenvalue weighted by Gasteiger charge is -2.35. The summed E-state index contributed by atoms with van der Waals surface area (Å²) in [5.74, 6) is 0. The molecule has 0 saturated carbocycles. The molecule has 1 aromatic carbocycles. The molecule has 26 heavy (non-hydrogen) atoms. The highest BCUT2D eigenvalue weighted by atomic mass is 16.5. The number of para-hydroxylation sites is 1. The van der Waals surface area contributed by atoms with Gasteiger partial charge in [0.05, 0.1) is 24.4 Å². The number of nitrogens with one attached hydrogen (secondary N) is 2. The van der Waals surface area contributed by atoms with Gasteiger partial charge in [-0.25, -0.2) is 4.79 Å². The molecule has 2 amide bonds. The van der Waals surface area contributed by atoms with E-state index in [1.807, 2.05) is 36.4 Å². The average molecular weight is 354 g/mol. The van der Waals surface area contributed by atoms with Crippen molar-refractivity contribution in [2.45, 2.75) is 39.1 Å². The number of ether oxygens (including phenoxy) is 1. The fraction of sp³-hybridized carbons (Fsp3) is 0.400. The van der Waals surface area contributed by atoms with E-state index < -0.39 is 0 Å². The Bertz CT molecular complexity index is 713. The number of anilines is 1. The molecule has 1 saturated heterocycles. The van der Waals surface area contributed by atoms with Crippen LogP contribution in [0.4, 0.5) is 10.5 Å². The number of pyridine rings is 1. The smallest absolute Gasteiger partial charge is 0.319 e. The largest absolute Gasteiger partial charge is 0.373 e. The van der Waals surface area contributed by atoms with Gasteiger partial charge in [0.15, 0.2) is 0 Å². The molecule has 0 radical (unpaired) electrons. The fourth-order valence-corrected chi connectivity index (χ4v) is 3.27. The molecule has 1 fully saturated rings. The first-order valence-corrected chi connectivity index (χ1v) is 9.00. The molecule has 2 N–H and O–H groups in total. The van der Waals surface area contributed by atoms with Gasteiger partial charge in [-0.05, 0) is 37.6 Å². The lowest BCUT2D eigenvalue weighted by atomic mass is 10.1. The van der Waals surface area contributed by atoms with Gasteiger partial charge < -0.3 is 15.4 Å². The first kappa shape index (κ1) is 18.4. The van der Waals surface area contributed by atoms with Crippen LogP contribution in [0.25, 0.3) is 0 Å². The molecule has 1 aliphatic heterocycles. The van der Waals surface area contributed by atoms with Gasteiger partial charge in [0.25, 0.3) is 0 Å². The van der Waals surface area contributed by atoms with Gasteiger partial charge in [-0.2, -0.15) is 0 Å². The van der Waals surface area contributed by atoms with E-state index >= 15 is 0 Å². The fourth-order valence-electron chi connectivity index (χ4n) is 3.27. The SMILES string of the molecule is CC1CN(Cc2ccccc2NC(=O)NCc2ccccn2)CC(C)O1. The van der Waals surface area contributed by atoms with E-state index in [0.29, 0.717) is 6.54 Å². The van der Waals surface area contributed by atoms with E-state index in [0.717, 1.165) is 36.6 Å². The first-order chi connectivity index (χ1) is 12.6. The molecular weight excluding hydrogens is 328 g/mol. The molecule has 3 rings (SSSR count). The summed E-state index contributed by atoms with van der Waals surface area (Å²) in [5.41, 5.74) is 2.76. The van der Waals surface area contributed by atoms with Crippen LogP contribution in [0.1, 0.15) is 25.1 Å². The second kappa shape index (κ2) is 8.78. The molecule has 2 unspecified atom stereocenters. The van der Waals surface area contributed by atoms with Gasteiger partial charge in [-0.1, -0.05) is 24.3 Å². The third-order valence-electron chi connectivity index (χ3n) is 4.31. The van der Waals surface area contributed by atoms with Crippen molar-refractivity contribution in [3.63, 3.8) is 0 Å². The number of rotatable bonds is 5. The number of aromatic nitrogens is 1. The predicted molar refractivity (Wildman–Crippen MR) is 102 cm³/mol. The number of morpholine rings is 1. The quantitative estimate of drug-likeness (QED) is 0.866. The predicted octanol–water partition coefficient (Wildman–Crippen LogP) is 3.01. The van der Waals surface area contributed by atoms with E-state index in [9.17, 15) is 4.79 Å². The van der Waals surface area contributed by atoms with Gasteiger partial charge in [0, 0.05) is 31.5 Å². The van der Waals surface area contributed by atoms with Gasteiger partial charge in [-0.3, -0.25) is 9.88 Å². The molecular formula is C20H26N4O2. The number of carbonyl (C=O) groups excluding carboxylic acids is 1. The van der Waals surface area contributed by atoms with Crippen molar-refractivity contribution in [1.82, 2.24) is 15.2 Å². The second-order valence-electron chi connectivity index (χ2n) is 6.74. The Kier molecular flexibility index (Phi) is 6.20. The summed E-state index contributed by atoms with van der Waals surface area (Å²) in [6.45, 7) is 7.16. The number of carbonyl (C=O) groups is 1. The third kappa shape index (κ3) is 5.28. The van der Waals surface area contributed by atoms with Crippen LogP contribution in [0.15, 0.2) is 48.7 Å². The monoisotopic (exact) mass is 354 g/mol. The number of amides is 2. The van der Waals surface area contributed by atoms with Crippen LogP contribution in [-0.2, 0) is 17.8 Å². The molecule has 2 atom stereocenters. The average Bonchev–Trinajstić information content (AvgIpc) is 2.62. The van der Waals surface area contributed by atoms with Gasteiger partial charge >= 0.3 is 6.03 Å². The summed E-state index contributed by atoms with van der Waals surface area (Å²) in [7, 11) is 0. The van der Waals surface area contributed by atoms with Crippen LogP contribution in [-0.4, -0.2) is 41.2 Å². The van der Waals surface area contributed by atoms with Crippen molar-refractivity contribution >= 4 is 11.7 Å². The van der Waals surface area contributed by atoms with Gasteiger partial charge in [-0.15, -0.1) is 0 Å². The molecule has 2 aromatic rings. The van der Waals surface area contributed by atoms with Crippen LogP contribution >= 0.6 is 0 Å². The zero-order chi connectivity index (χ0) is 18.4. The summed E-state index contributed by atoms with van der Waals surface area (Å²) in [6.07, 6.45) is 2.16. The maximum atomic E-state index is 12.3. The van der Waals surface area contributed by atoms with Crippen LogP contribution in [0, 0.1) is 0 Å². The van der Waals surface area contributed by atoms with Crippen LogP contribution in [0.5, 0.6) is 0 Å². The van der Waals surface area contributed by atoms with Crippen LogP contribution in [0.3, 0.4) is 0 Å². The topological polar surface area (TPSA) is 66.5 Å². The van der Waals surface area contributed by atoms with Crippen LogP contribution in [0.2, 0.25) is 0 Å². The Balaban J connectivity index is 1.59. The highest BCUT2D eigenvalue weighted by molar-refractivity contribution is 5.90. The number of hydrogen-bond donors (Lipinski definition) is 2. The zero-order valence-corrected chi connectivity index (χ0v) is 15.3. The second-order valence-corrected chi connectivity index (χ2v) is 6.74. The highest BCUT2D eigenvalue weighted by Gasteiger charge is 2.22. The molecule has 0 bridgehead atoms. The van der Waals surface area contributed by atoms with E-state index in [-0.39, 0.29) is 18.2 Å². The molecule has 6 nitrogen and oxygen atoms in total. The molecule has 6 heteroatoms. The van der Waals surface area contributed by atoms with E-state index in [4.69, 9.17) is 4.74 Å². The minimum absolute atomic E-state index is 0.223. The van der Waals surface area contributed by atoms with Crippen molar-refractivity contribution in [3.05, 3.63) is 59.9 Å². The van der Waals surface area contributed by atoms with Crippen molar-refractivity contribution in [2.75, 3.05) is 18.4 Å². The van der Waals surface area contributed by atoms with Crippen molar-refractivity contribution in [3.8, 4) is 0 Å². The van der Waals surface area contributed by atoms with Crippen molar-refractivity contribution in [1.29, 1.82) is 0 Å². The van der Waals surface area contributed by atoms with E-state index in [2.05, 4.69) is 40.4 Å². The molecule has 1 aliphatic rings. The molecule has 138 valence electrons. The van der Waals surface area contributed by atoms with E-state index in [1.54, 1.807) is 6.20 Å². The Hall–Kier alpha value is -2.44. The first-order valence-electron chi connectivity index (χ1n) is 9.00. The van der Waals surface area contributed by atoms with Gasteiger partial charge in [0.2, 0.25) is 0 Å². The van der Waals surface area contributed by atoms with Crippen molar-refractivity contribution in [2.24, 2.45) is 0 Å². The Morgan fingerprint density at radius 1 is 1.15 bits per heavy atom. The third-order valence-corrected chi connectivity index (χ3v) is 4.31. The maximum Gasteiger partial charge on any atom is 0.319 e. The molecule has 2 heterocycles. The number of benzene rings is 1. The summed E-state index contributed by atoms with van der Waals surface area (Å²) >= 11 is 0. The summed E-state index contributed by atoms with van der Waals surface area (Å²) < 4.78 is 5.80. The van der Waals surface area contributed by atoms with E-state index in [1.165, 1.54) is 0 Å². The summed E-state index contributed by atoms with van der Waals surface area (Å²) in [5, 5.41) is 5.80. The Labute approximate surface area is 154 Å². The van der Waals surface area contributed by atoms with Crippen LogP contribution < -0.4 is 10.6 Å². The molecule has 0 spiro atoms. The Morgan fingerprint density at radius 3 is 2.62 bits per heavy atom. The summed E-state index contributed by atoms with van der Waals surface area (Å²) in [4.78, 5) is 18.8. The zero-order valence-electron chi connectivity index (χ0n) is 15.3. The number of hydrogen-bond acceptors (Lipinski definition) is 4. The normalized spacial score (nSPS) is 20.5. The highest BCUT2D eigenvalue weighted by Crippen LogP contribution is 2.20. The lowest BCUT2D eigenvalue weighted by Crippen LogP contribution is -2.44.